The van der Waals surface area contributed by atoms with Crippen molar-refractivity contribution in [2.24, 2.45) is 5.92 Å². The van der Waals surface area contributed by atoms with Crippen LogP contribution >= 0.6 is 0 Å². The van der Waals surface area contributed by atoms with Crippen LogP contribution in [0.15, 0.2) is 24.3 Å². The van der Waals surface area contributed by atoms with Gasteiger partial charge >= 0.3 is 6.03 Å². The average Bonchev–Trinajstić information content (AvgIpc) is 3.22. The van der Waals surface area contributed by atoms with Gasteiger partial charge in [-0.15, -0.1) is 0 Å². The zero-order valence-electron chi connectivity index (χ0n) is 17.3. The number of hydrogen-bond donors (Lipinski definition) is 2. The summed E-state index contributed by atoms with van der Waals surface area (Å²) < 4.78 is 13.5. The molecule has 3 aliphatic rings. The minimum absolute atomic E-state index is 0.0983. The lowest BCUT2D eigenvalue weighted by Gasteiger charge is -2.33. The fourth-order valence-electron chi connectivity index (χ4n) is 4.93. The lowest BCUT2D eigenvalue weighted by atomic mass is 9.77. The second kappa shape index (κ2) is 8.34. The summed E-state index contributed by atoms with van der Waals surface area (Å²) in [5.41, 5.74) is 2.54. The summed E-state index contributed by atoms with van der Waals surface area (Å²) in [6, 6.07) is 6.09. The number of likely N-dealkylation sites (tertiary alicyclic amines) is 1. The summed E-state index contributed by atoms with van der Waals surface area (Å²) in [5.74, 6) is -0.468. The number of nitrogens with one attached hydrogen (secondary N) is 2. The third-order valence-corrected chi connectivity index (χ3v) is 6.73. The Bertz CT molecular complexity index is 837. The first-order valence-electron chi connectivity index (χ1n) is 10.8. The van der Waals surface area contributed by atoms with Crippen molar-refractivity contribution in [3.05, 3.63) is 35.6 Å². The first-order chi connectivity index (χ1) is 14.4. The Morgan fingerprint density at radius 3 is 2.77 bits per heavy atom. The number of carbonyl (C=O) groups excluding carboxylic acids is 3. The molecule has 2 heterocycles. The van der Waals surface area contributed by atoms with Crippen molar-refractivity contribution in [2.45, 2.75) is 63.5 Å². The molecule has 30 heavy (non-hydrogen) atoms. The minimum Gasteiger partial charge on any atom is -0.322 e. The van der Waals surface area contributed by atoms with E-state index in [1.807, 2.05) is 11.0 Å². The number of urea groups is 1. The maximum atomic E-state index is 13.5. The number of hydrazine groups is 1. The van der Waals surface area contributed by atoms with Crippen molar-refractivity contribution in [1.29, 1.82) is 0 Å². The first kappa shape index (κ1) is 20.8. The van der Waals surface area contributed by atoms with E-state index in [0.29, 0.717) is 25.2 Å². The van der Waals surface area contributed by atoms with Crippen LogP contribution < -0.4 is 10.7 Å². The van der Waals surface area contributed by atoms with E-state index in [4.69, 9.17) is 0 Å². The molecule has 2 saturated heterocycles. The van der Waals surface area contributed by atoms with Crippen molar-refractivity contribution >= 4 is 17.8 Å². The van der Waals surface area contributed by atoms with Crippen LogP contribution in [0.4, 0.5) is 9.18 Å². The first-order valence-corrected chi connectivity index (χ1v) is 10.8. The van der Waals surface area contributed by atoms with Crippen LogP contribution in [0.5, 0.6) is 0 Å². The van der Waals surface area contributed by atoms with Crippen molar-refractivity contribution in [3.63, 3.8) is 0 Å². The number of rotatable bonds is 5. The molecule has 3 fully saturated rings. The molecule has 7 nitrogen and oxygen atoms in total. The molecule has 1 aliphatic carbocycles. The highest BCUT2D eigenvalue weighted by molar-refractivity contribution is 6.08. The average molecular weight is 416 g/mol. The fourth-order valence-corrected chi connectivity index (χ4v) is 4.93. The molecule has 0 bridgehead atoms. The van der Waals surface area contributed by atoms with Crippen molar-refractivity contribution < 1.29 is 18.8 Å². The number of amides is 4. The molecule has 162 valence electrons. The van der Waals surface area contributed by atoms with Crippen molar-refractivity contribution in [3.8, 4) is 0 Å². The number of hydrogen-bond acceptors (Lipinski definition) is 4. The molecule has 0 radical (unpaired) electrons. The molecule has 1 saturated carbocycles. The van der Waals surface area contributed by atoms with Gasteiger partial charge in [0.25, 0.3) is 11.8 Å². The van der Waals surface area contributed by atoms with Gasteiger partial charge in [-0.1, -0.05) is 19.1 Å². The van der Waals surface area contributed by atoms with E-state index in [9.17, 15) is 18.8 Å². The summed E-state index contributed by atoms with van der Waals surface area (Å²) in [5, 5.41) is 3.67. The van der Waals surface area contributed by atoms with Gasteiger partial charge in [-0.05, 0) is 75.1 Å². The zero-order chi connectivity index (χ0) is 21.3. The third-order valence-electron chi connectivity index (χ3n) is 6.73. The molecule has 4 rings (SSSR count). The number of imide groups is 1. The largest absolute Gasteiger partial charge is 0.344 e. The van der Waals surface area contributed by atoms with Crippen LogP contribution in [-0.4, -0.2) is 52.4 Å². The van der Waals surface area contributed by atoms with E-state index in [-0.39, 0.29) is 30.2 Å². The molecule has 1 atom stereocenters. The molecule has 2 N–H and O–H groups in total. The minimum atomic E-state index is -0.871. The lowest BCUT2D eigenvalue weighted by molar-refractivity contribution is -0.140. The fraction of sp³-hybridized carbons (Fsp3) is 0.591. The molecule has 1 spiro atoms. The highest BCUT2D eigenvalue weighted by Gasteiger charge is 2.53. The molecule has 2 aliphatic heterocycles. The van der Waals surface area contributed by atoms with Gasteiger partial charge in [0.2, 0.25) is 0 Å². The number of benzene rings is 1. The van der Waals surface area contributed by atoms with Gasteiger partial charge in [0.05, 0.1) is 6.54 Å². The van der Waals surface area contributed by atoms with Gasteiger partial charge < -0.3 is 5.32 Å². The third kappa shape index (κ3) is 4.19. The van der Waals surface area contributed by atoms with Crippen LogP contribution in [0, 0.1) is 11.7 Å². The second-order valence-corrected chi connectivity index (χ2v) is 8.97. The number of carbonyl (C=O) groups is 3. The quantitative estimate of drug-likeness (QED) is 0.722. The zero-order valence-corrected chi connectivity index (χ0v) is 17.3. The Morgan fingerprint density at radius 1 is 1.27 bits per heavy atom. The van der Waals surface area contributed by atoms with Crippen LogP contribution in [0.25, 0.3) is 0 Å². The normalized spacial score (nSPS) is 29.5. The Kier molecular flexibility index (Phi) is 5.77. The highest BCUT2D eigenvalue weighted by atomic mass is 19.1. The van der Waals surface area contributed by atoms with E-state index < -0.39 is 11.6 Å². The topological polar surface area (TPSA) is 81.8 Å². The Labute approximate surface area is 175 Å². The summed E-state index contributed by atoms with van der Waals surface area (Å²) in [7, 11) is 0. The van der Waals surface area contributed by atoms with E-state index in [1.165, 1.54) is 12.1 Å². The maximum Gasteiger partial charge on any atom is 0.344 e. The predicted octanol–water partition coefficient (Wildman–Crippen LogP) is 2.36. The van der Waals surface area contributed by atoms with Gasteiger partial charge in [0.15, 0.2) is 0 Å². The Morgan fingerprint density at radius 2 is 2.03 bits per heavy atom. The van der Waals surface area contributed by atoms with E-state index >= 15 is 0 Å². The Balaban J connectivity index is 1.35. The van der Waals surface area contributed by atoms with Gasteiger partial charge in [0, 0.05) is 6.04 Å². The molecule has 4 amide bonds. The Hall–Kier alpha value is -2.48. The summed E-state index contributed by atoms with van der Waals surface area (Å²) in [6.07, 6.45) is 5.51. The number of halogens is 1. The van der Waals surface area contributed by atoms with E-state index in [2.05, 4.69) is 17.7 Å². The summed E-state index contributed by atoms with van der Waals surface area (Å²) in [6.45, 7) is 3.00. The predicted molar refractivity (Wildman–Crippen MR) is 109 cm³/mol. The molecule has 1 aromatic rings. The molecule has 8 heteroatoms. The monoisotopic (exact) mass is 416 g/mol. The molecular weight excluding hydrogens is 387 g/mol. The summed E-state index contributed by atoms with van der Waals surface area (Å²) >= 11 is 0. The van der Waals surface area contributed by atoms with Crippen molar-refractivity contribution in [2.75, 3.05) is 13.1 Å². The van der Waals surface area contributed by atoms with E-state index in [0.717, 1.165) is 42.8 Å². The SMILES string of the molecule is CC1CCC2(CC1)NC(=O)N(NC(=O)CN1CCCC1Cc1cccc(F)c1)C2=O. The van der Waals surface area contributed by atoms with Gasteiger partial charge in [-0.3, -0.25) is 19.9 Å². The molecular formula is C22H29FN4O3. The number of nitrogens with zero attached hydrogens (tertiary/aromatic N) is 2. The molecule has 1 unspecified atom stereocenters. The maximum absolute atomic E-state index is 13.5. The van der Waals surface area contributed by atoms with Gasteiger partial charge in [-0.2, -0.15) is 5.01 Å². The van der Waals surface area contributed by atoms with Crippen LogP contribution in [-0.2, 0) is 16.0 Å². The van der Waals surface area contributed by atoms with Crippen LogP contribution in [0.2, 0.25) is 0 Å². The lowest BCUT2D eigenvalue weighted by Crippen LogP contribution is -2.53. The molecule has 1 aromatic carbocycles. The van der Waals surface area contributed by atoms with Crippen LogP contribution in [0.1, 0.15) is 51.0 Å². The standard InChI is InChI=1S/C22H29FN4O3/c1-15-7-9-22(10-8-15)20(29)27(21(30)24-22)25-19(28)14-26-11-3-6-18(26)13-16-4-2-5-17(23)12-16/h2,4-5,12,15,18H,3,6-11,13-14H2,1H3,(H,24,30)(H,25,28). The highest BCUT2D eigenvalue weighted by Crippen LogP contribution is 2.35. The van der Waals surface area contributed by atoms with E-state index in [1.54, 1.807) is 6.07 Å². The second-order valence-electron chi connectivity index (χ2n) is 8.97. The van der Waals surface area contributed by atoms with Gasteiger partial charge in [0.1, 0.15) is 11.4 Å². The van der Waals surface area contributed by atoms with Gasteiger partial charge in [-0.25, -0.2) is 9.18 Å². The van der Waals surface area contributed by atoms with Crippen molar-refractivity contribution in [1.82, 2.24) is 20.7 Å². The summed E-state index contributed by atoms with van der Waals surface area (Å²) in [4.78, 5) is 39.9. The molecule has 0 aromatic heterocycles. The smallest absolute Gasteiger partial charge is 0.322 e. The van der Waals surface area contributed by atoms with Crippen LogP contribution in [0.3, 0.4) is 0 Å².